The minimum absolute atomic E-state index is 0.0304. The Kier molecular flexibility index (Phi) is 5.73. The lowest BCUT2D eigenvalue weighted by atomic mass is 10.2. The fourth-order valence-corrected chi connectivity index (χ4v) is 1.77. The second-order valence-corrected chi connectivity index (χ2v) is 4.04. The molecule has 0 spiro atoms. The van der Waals surface area contributed by atoms with E-state index in [9.17, 15) is 4.79 Å². The van der Waals surface area contributed by atoms with Gasteiger partial charge in [-0.25, -0.2) is 0 Å². The Hall–Kier alpha value is -0.650. The van der Waals surface area contributed by atoms with Gasteiger partial charge < -0.3 is 14.6 Å². The van der Waals surface area contributed by atoms with Crippen LogP contribution in [0.2, 0.25) is 0 Å². The maximum atomic E-state index is 11.2. The van der Waals surface area contributed by atoms with Crippen molar-refractivity contribution in [2.45, 2.75) is 32.4 Å². The van der Waals surface area contributed by atoms with Crippen LogP contribution in [0, 0.1) is 0 Å². The van der Waals surface area contributed by atoms with Gasteiger partial charge in [-0.3, -0.25) is 9.69 Å². The first-order chi connectivity index (χ1) is 7.67. The summed E-state index contributed by atoms with van der Waals surface area (Å²) in [5.41, 5.74) is 0. The van der Waals surface area contributed by atoms with E-state index in [4.69, 9.17) is 14.6 Å². The lowest BCUT2D eigenvalue weighted by Gasteiger charge is -2.37. The van der Waals surface area contributed by atoms with Crippen LogP contribution in [-0.4, -0.2) is 61.0 Å². The molecule has 0 bridgehead atoms. The molecule has 0 aromatic rings. The molecule has 0 saturated carbocycles. The minimum Gasteiger partial charge on any atom is -0.466 e. The lowest BCUT2D eigenvalue weighted by Crippen LogP contribution is -2.49. The van der Waals surface area contributed by atoms with Crippen molar-refractivity contribution in [3.8, 4) is 0 Å². The topological polar surface area (TPSA) is 59.0 Å². The SMILES string of the molecule is CCOC(=O)CCN1CC(CO)OCC1C. The minimum atomic E-state index is -0.165. The third-order valence-electron chi connectivity index (χ3n) is 2.75. The summed E-state index contributed by atoms with van der Waals surface area (Å²) in [6.07, 6.45) is 0.273. The molecule has 1 heterocycles. The van der Waals surface area contributed by atoms with Crippen molar-refractivity contribution in [1.29, 1.82) is 0 Å². The van der Waals surface area contributed by atoms with Gasteiger partial charge in [0, 0.05) is 19.1 Å². The maximum absolute atomic E-state index is 11.2. The highest BCUT2D eigenvalue weighted by atomic mass is 16.5. The van der Waals surface area contributed by atoms with Crippen molar-refractivity contribution >= 4 is 5.97 Å². The largest absolute Gasteiger partial charge is 0.466 e. The quantitative estimate of drug-likeness (QED) is 0.676. The van der Waals surface area contributed by atoms with Gasteiger partial charge >= 0.3 is 5.97 Å². The van der Waals surface area contributed by atoms with Crippen LogP contribution in [0.3, 0.4) is 0 Å². The van der Waals surface area contributed by atoms with Crippen molar-refractivity contribution in [3.63, 3.8) is 0 Å². The highest BCUT2D eigenvalue weighted by Gasteiger charge is 2.25. The molecule has 2 atom stereocenters. The molecule has 5 nitrogen and oxygen atoms in total. The van der Waals surface area contributed by atoms with Crippen LogP contribution >= 0.6 is 0 Å². The molecular formula is C11H21NO4. The van der Waals surface area contributed by atoms with E-state index in [-0.39, 0.29) is 24.7 Å². The van der Waals surface area contributed by atoms with Crippen LogP contribution in [-0.2, 0) is 14.3 Å². The standard InChI is InChI=1S/C11H21NO4/c1-3-15-11(14)4-5-12-6-10(7-13)16-8-9(12)2/h9-10,13H,3-8H2,1-2H3. The third kappa shape index (κ3) is 4.08. The molecule has 1 saturated heterocycles. The highest BCUT2D eigenvalue weighted by molar-refractivity contribution is 5.69. The van der Waals surface area contributed by atoms with E-state index in [1.54, 1.807) is 6.92 Å². The summed E-state index contributed by atoms with van der Waals surface area (Å²) in [6, 6.07) is 0.289. The van der Waals surface area contributed by atoms with E-state index in [2.05, 4.69) is 11.8 Å². The zero-order valence-corrected chi connectivity index (χ0v) is 10.0. The molecule has 1 N–H and O–H groups in total. The van der Waals surface area contributed by atoms with Gasteiger partial charge in [-0.05, 0) is 13.8 Å². The smallest absolute Gasteiger partial charge is 0.307 e. The number of ether oxygens (including phenoxy) is 2. The number of morpholine rings is 1. The molecule has 0 amide bonds. The van der Waals surface area contributed by atoms with Crippen molar-refractivity contribution in [3.05, 3.63) is 0 Å². The molecule has 0 aliphatic carbocycles. The van der Waals surface area contributed by atoms with Crippen molar-refractivity contribution < 1.29 is 19.4 Å². The van der Waals surface area contributed by atoms with E-state index < -0.39 is 0 Å². The summed E-state index contributed by atoms with van der Waals surface area (Å²) >= 11 is 0. The molecule has 0 aromatic carbocycles. The van der Waals surface area contributed by atoms with Crippen LogP contribution in [0.4, 0.5) is 0 Å². The molecule has 1 aliphatic rings. The van der Waals surface area contributed by atoms with Crippen LogP contribution < -0.4 is 0 Å². The number of carbonyl (C=O) groups excluding carboxylic acids is 1. The molecule has 94 valence electrons. The zero-order chi connectivity index (χ0) is 12.0. The van der Waals surface area contributed by atoms with Crippen LogP contribution in [0.1, 0.15) is 20.3 Å². The lowest BCUT2D eigenvalue weighted by molar-refractivity contribution is -0.144. The Bertz CT molecular complexity index is 222. The average Bonchev–Trinajstić information content (AvgIpc) is 2.28. The number of aliphatic hydroxyl groups excluding tert-OH is 1. The number of esters is 1. The predicted molar refractivity (Wildman–Crippen MR) is 59.1 cm³/mol. The van der Waals surface area contributed by atoms with Crippen LogP contribution in [0.15, 0.2) is 0 Å². The van der Waals surface area contributed by atoms with E-state index in [1.807, 2.05) is 0 Å². The van der Waals surface area contributed by atoms with Crippen molar-refractivity contribution in [2.75, 3.05) is 32.9 Å². The number of nitrogens with zero attached hydrogens (tertiary/aromatic N) is 1. The normalized spacial score (nSPS) is 26.7. The third-order valence-corrected chi connectivity index (χ3v) is 2.75. The number of carbonyl (C=O) groups is 1. The summed E-state index contributed by atoms with van der Waals surface area (Å²) in [6.45, 7) is 6.26. The zero-order valence-electron chi connectivity index (χ0n) is 10.0. The fraction of sp³-hybridized carbons (Fsp3) is 0.909. The average molecular weight is 231 g/mol. The number of rotatable bonds is 5. The van der Waals surface area contributed by atoms with Gasteiger partial charge in [0.05, 0.1) is 32.3 Å². The molecule has 1 rings (SSSR count). The van der Waals surface area contributed by atoms with Crippen LogP contribution in [0.5, 0.6) is 0 Å². The molecule has 0 radical (unpaired) electrons. The van der Waals surface area contributed by atoms with Gasteiger partial charge in [0.25, 0.3) is 0 Å². The predicted octanol–water partition coefficient (Wildman–Crippen LogP) is 0.0212. The molecule has 1 fully saturated rings. The van der Waals surface area contributed by atoms with E-state index in [1.165, 1.54) is 0 Å². The van der Waals surface area contributed by atoms with E-state index in [0.29, 0.717) is 32.7 Å². The monoisotopic (exact) mass is 231 g/mol. The Labute approximate surface area is 96.3 Å². The molecule has 0 aromatic heterocycles. The highest BCUT2D eigenvalue weighted by Crippen LogP contribution is 2.11. The summed E-state index contributed by atoms with van der Waals surface area (Å²) in [5.74, 6) is -0.165. The second kappa shape index (κ2) is 6.83. The number of hydrogen-bond acceptors (Lipinski definition) is 5. The summed E-state index contributed by atoms with van der Waals surface area (Å²) in [4.78, 5) is 13.4. The molecular weight excluding hydrogens is 210 g/mol. The Morgan fingerprint density at radius 3 is 3.00 bits per heavy atom. The Morgan fingerprint density at radius 1 is 1.62 bits per heavy atom. The molecule has 1 aliphatic heterocycles. The number of aliphatic hydroxyl groups is 1. The Morgan fingerprint density at radius 2 is 2.38 bits per heavy atom. The van der Waals surface area contributed by atoms with Gasteiger partial charge in [-0.1, -0.05) is 0 Å². The number of hydrogen-bond donors (Lipinski definition) is 1. The first-order valence-corrected chi connectivity index (χ1v) is 5.79. The first kappa shape index (κ1) is 13.4. The van der Waals surface area contributed by atoms with Crippen molar-refractivity contribution in [2.24, 2.45) is 0 Å². The first-order valence-electron chi connectivity index (χ1n) is 5.79. The second-order valence-electron chi connectivity index (χ2n) is 4.04. The van der Waals surface area contributed by atoms with Gasteiger partial charge in [0.2, 0.25) is 0 Å². The summed E-state index contributed by atoms with van der Waals surface area (Å²) < 4.78 is 10.3. The maximum Gasteiger partial charge on any atom is 0.307 e. The fourth-order valence-electron chi connectivity index (χ4n) is 1.77. The Balaban J connectivity index is 2.30. The van der Waals surface area contributed by atoms with Crippen molar-refractivity contribution in [1.82, 2.24) is 4.90 Å². The van der Waals surface area contributed by atoms with Gasteiger partial charge in [0.1, 0.15) is 0 Å². The van der Waals surface area contributed by atoms with Gasteiger partial charge in [-0.15, -0.1) is 0 Å². The summed E-state index contributed by atoms with van der Waals surface area (Å²) in [5, 5.41) is 9.01. The van der Waals surface area contributed by atoms with Gasteiger partial charge in [-0.2, -0.15) is 0 Å². The van der Waals surface area contributed by atoms with E-state index in [0.717, 1.165) is 0 Å². The molecule has 5 heteroatoms. The van der Waals surface area contributed by atoms with Crippen LogP contribution in [0.25, 0.3) is 0 Å². The molecule has 16 heavy (non-hydrogen) atoms. The summed E-state index contributed by atoms with van der Waals surface area (Å²) in [7, 11) is 0. The van der Waals surface area contributed by atoms with E-state index >= 15 is 0 Å². The molecule has 2 unspecified atom stereocenters. The van der Waals surface area contributed by atoms with Gasteiger partial charge in [0.15, 0.2) is 0 Å².